The lowest BCUT2D eigenvalue weighted by Gasteiger charge is -2.33. The predicted octanol–water partition coefficient (Wildman–Crippen LogP) is 2.23. The number of halogens is 2. The predicted molar refractivity (Wildman–Crippen MR) is 83.1 cm³/mol. The number of urea groups is 1. The number of aromatic nitrogens is 1. The van der Waals surface area contributed by atoms with Crippen LogP contribution >= 0.6 is 23.2 Å². The van der Waals surface area contributed by atoms with Gasteiger partial charge in [-0.1, -0.05) is 23.2 Å². The molecule has 1 aromatic heterocycles. The number of amides is 2. The maximum absolute atomic E-state index is 12.0. The molecule has 8 heteroatoms. The number of rotatable bonds is 4. The summed E-state index contributed by atoms with van der Waals surface area (Å²) in [5.74, 6) is 0.551. The minimum atomic E-state index is -0.0808. The molecule has 1 aromatic rings. The molecule has 1 fully saturated rings. The third-order valence-corrected chi connectivity index (χ3v) is 3.62. The fourth-order valence-corrected chi connectivity index (χ4v) is 2.47. The molecule has 2 rings (SSSR count). The zero-order valence-electron chi connectivity index (χ0n) is 11.7. The van der Waals surface area contributed by atoms with E-state index >= 15 is 0 Å². The number of pyridine rings is 1. The summed E-state index contributed by atoms with van der Waals surface area (Å²) < 4.78 is 5.30. The number of ether oxygens (including phenoxy) is 1. The van der Waals surface area contributed by atoms with Crippen molar-refractivity contribution in [3.8, 4) is 0 Å². The fourth-order valence-electron chi connectivity index (χ4n) is 2.03. The number of hydrogen-bond donors (Lipinski definition) is 2. The first kappa shape index (κ1) is 16.1. The van der Waals surface area contributed by atoms with Crippen LogP contribution in [0.2, 0.25) is 10.0 Å². The maximum Gasteiger partial charge on any atom is 0.317 e. The average Bonchev–Trinajstić information content (AvgIpc) is 2.45. The first-order chi connectivity index (χ1) is 10.1. The minimum Gasteiger partial charge on any atom is -0.377 e. The van der Waals surface area contributed by atoms with Crippen molar-refractivity contribution in [2.75, 3.05) is 38.2 Å². The van der Waals surface area contributed by atoms with Crippen LogP contribution in [0.25, 0.3) is 0 Å². The first-order valence-corrected chi connectivity index (χ1v) is 7.50. The number of carbonyl (C=O) groups is 1. The fraction of sp³-hybridized carbons (Fsp3) is 0.538. The third kappa shape index (κ3) is 4.62. The highest BCUT2D eigenvalue weighted by molar-refractivity contribution is 6.35. The highest BCUT2D eigenvalue weighted by Gasteiger charge is 2.23. The molecular formula is C13H18Cl2N4O2. The van der Waals surface area contributed by atoms with Gasteiger partial charge in [-0.2, -0.15) is 0 Å². The van der Waals surface area contributed by atoms with Gasteiger partial charge in [-0.05, 0) is 13.0 Å². The summed E-state index contributed by atoms with van der Waals surface area (Å²) in [6, 6.07) is 1.63. The van der Waals surface area contributed by atoms with Gasteiger partial charge in [0.15, 0.2) is 0 Å². The molecule has 2 heterocycles. The normalized spacial score (nSPS) is 18.4. The van der Waals surface area contributed by atoms with Gasteiger partial charge in [0.05, 0.1) is 29.3 Å². The van der Waals surface area contributed by atoms with Gasteiger partial charge >= 0.3 is 6.03 Å². The second kappa shape index (κ2) is 7.68. The van der Waals surface area contributed by atoms with Crippen molar-refractivity contribution in [2.24, 2.45) is 0 Å². The summed E-state index contributed by atoms with van der Waals surface area (Å²) in [5.41, 5.74) is 0. The molecule has 2 N–H and O–H groups in total. The van der Waals surface area contributed by atoms with Crippen molar-refractivity contribution < 1.29 is 9.53 Å². The Kier molecular flexibility index (Phi) is 5.90. The number of nitrogens with one attached hydrogen (secondary N) is 2. The smallest absolute Gasteiger partial charge is 0.317 e. The van der Waals surface area contributed by atoms with Gasteiger partial charge in [0, 0.05) is 25.8 Å². The van der Waals surface area contributed by atoms with Crippen molar-refractivity contribution >= 4 is 35.1 Å². The Balaban J connectivity index is 1.73. The van der Waals surface area contributed by atoms with Gasteiger partial charge in [-0.25, -0.2) is 9.78 Å². The van der Waals surface area contributed by atoms with Crippen LogP contribution in [0.4, 0.5) is 10.6 Å². The molecule has 0 bridgehead atoms. The zero-order valence-corrected chi connectivity index (χ0v) is 13.2. The third-order valence-electron chi connectivity index (χ3n) is 3.13. The Morgan fingerprint density at radius 1 is 1.52 bits per heavy atom. The van der Waals surface area contributed by atoms with E-state index < -0.39 is 0 Å². The Bertz CT molecular complexity index is 501. The lowest BCUT2D eigenvalue weighted by atomic mass is 10.3. The summed E-state index contributed by atoms with van der Waals surface area (Å²) in [6.45, 7) is 4.75. The molecule has 1 saturated heterocycles. The SMILES string of the molecule is C[C@@H]1COCCN1C(=O)NCCNc1ncc(Cl)cc1Cl. The molecule has 21 heavy (non-hydrogen) atoms. The molecule has 116 valence electrons. The number of hydrogen-bond acceptors (Lipinski definition) is 4. The van der Waals surface area contributed by atoms with E-state index in [1.54, 1.807) is 11.0 Å². The Hall–Kier alpha value is -1.24. The van der Waals surface area contributed by atoms with Crippen molar-refractivity contribution in [2.45, 2.75) is 13.0 Å². The number of nitrogens with zero attached hydrogens (tertiary/aromatic N) is 2. The van der Waals surface area contributed by atoms with E-state index in [0.717, 1.165) is 0 Å². The van der Waals surface area contributed by atoms with Crippen LogP contribution in [0.15, 0.2) is 12.3 Å². The van der Waals surface area contributed by atoms with Gasteiger partial charge in [-0.15, -0.1) is 0 Å². The molecule has 0 aromatic carbocycles. The summed E-state index contributed by atoms with van der Waals surface area (Å²) in [5, 5.41) is 6.85. The highest BCUT2D eigenvalue weighted by Crippen LogP contribution is 2.21. The standard InChI is InChI=1S/C13H18Cl2N4O2/c1-9-8-21-5-4-19(9)13(20)17-3-2-16-12-11(15)6-10(14)7-18-12/h6-7,9H,2-5,8H2,1H3,(H,16,18)(H,17,20)/t9-/m1/s1. The van der Waals surface area contributed by atoms with E-state index in [4.69, 9.17) is 27.9 Å². The molecular weight excluding hydrogens is 315 g/mol. The quantitative estimate of drug-likeness (QED) is 0.830. The van der Waals surface area contributed by atoms with Crippen molar-refractivity contribution in [1.29, 1.82) is 0 Å². The topological polar surface area (TPSA) is 66.5 Å². The summed E-state index contributed by atoms with van der Waals surface area (Å²) >= 11 is 11.8. The Morgan fingerprint density at radius 2 is 2.33 bits per heavy atom. The molecule has 0 saturated carbocycles. The molecule has 1 aliphatic heterocycles. The van der Waals surface area contributed by atoms with Gasteiger partial charge in [-0.3, -0.25) is 0 Å². The average molecular weight is 333 g/mol. The maximum atomic E-state index is 12.0. The van der Waals surface area contributed by atoms with Crippen LogP contribution in [-0.4, -0.2) is 54.8 Å². The van der Waals surface area contributed by atoms with Gasteiger partial charge < -0.3 is 20.3 Å². The summed E-state index contributed by atoms with van der Waals surface area (Å²) in [4.78, 5) is 17.9. The molecule has 6 nitrogen and oxygen atoms in total. The van der Waals surface area contributed by atoms with Crippen LogP contribution in [-0.2, 0) is 4.74 Å². The van der Waals surface area contributed by atoms with Crippen LogP contribution < -0.4 is 10.6 Å². The van der Waals surface area contributed by atoms with Crippen molar-refractivity contribution in [3.63, 3.8) is 0 Å². The van der Waals surface area contributed by atoms with E-state index in [2.05, 4.69) is 15.6 Å². The number of carbonyl (C=O) groups excluding carboxylic acids is 1. The van der Waals surface area contributed by atoms with E-state index in [1.807, 2.05) is 6.92 Å². The van der Waals surface area contributed by atoms with E-state index in [-0.39, 0.29) is 12.1 Å². The summed E-state index contributed by atoms with van der Waals surface area (Å²) in [6.07, 6.45) is 1.52. The Morgan fingerprint density at radius 3 is 3.05 bits per heavy atom. The van der Waals surface area contributed by atoms with Crippen LogP contribution in [0, 0.1) is 0 Å². The molecule has 0 radical (unpaired) electrons. The molecule has 1 atom stereocenters. The van der Waals surface area contributed by atoms with Crippen LogP contribution in [0.5, 0.6) is 0 Å². The lowest BCUT2D eigenvalue weighted by Crippen LogP contribution is -2.51. The largest absolute Gasteiger partial charge is 0.377 e. The molecule has 1 aliphatic rings. The second-order valence-corrected chi connectivity index (χ2v) is 5.60. The van der Waals surface area contributed by atoms with Crippen LogP contribution in [0.1, 0.15) is 6.92 Å². The van der Waals surface area contributed by atoms with Gasteiger partial charge in [0.2, 0.25) is 0 Å². The van der Waals surface area contributed by atoms with E-state index in [0.29, 0.717) is 48.7 Å². The van der Waals surface area contributed by atoms with E-state index in [9.17, 15) is 4.79 Å². The van der Waals surface area contributed by atoms with E-state index in [1.165, 1.54) is 6.20 Å². The van der Waals surface area contributed by atoms with Gasteiger partial charge in [0.1, 0.15) is 5.82 Å². The molecule has 2 amide bonds. The number of anilines is 1. The highest BCUT2D eigenvalue weighted by atomic mass is 35.5. The monoisotopic (exact) mass is 332 g/mol. The second-order valence-electron chi connectivity index (χ2n) is 4.76. The first-order valence-electron chi connectivity index (χ1n) is 6.75. The number of morpholine rings is 1. The molecule has 0 spiro atoms. The van der Waals surface area contributed by atoms with Crippen molar-refractivity contribution in [1.82, 2.24) is 15.2 Å². The summed E-state index contributed by atoms with van der Waals surface area (Å²) in [7, 11) is 0. The minimum absolute atomic E-state index is 0.0808. The van der Waals surface area contributed by atoms with Gasteiger partial charge in [0.25, 0.3) is 0 Å². The lowest BCUT2D eigenvalue weighted by molar-refractivity contribution is 0.0191. The zero-order chi connectivity index (χ0) is 15.2. The van der Waals surface area contributed by atoms with Crippen LogP contribution in [0.3, 0.4) is 0 Å². The van der Waals surface area contributed by atoms with Crippen molar-refractivity contribution in [3.05, 3.63) is 22.3 Å². The Labute approximate surface area is 133 Å². The molecule has 0 aliphatic carbocycles. The molecule has 0 unspecified atom stereocenters.